The van der Waals surface area contributed by atoms with E-state index in [0.29, 0.717) is 17.5 Å². The largest absolute Gasteiger partial charge is 0.208 e. The zero-order chi connectivity index (χ0) is 38.3. The average molecular weight is 730 g/mol. The summed E-state index contributed by atoms with van der Waals surface area (Å²) >= 11 is 0. The highest BCUT2D eigenvalue weighted by molar-refractivity contribution is 5.89. The lowest BCUT2D eigenvalue weighted by atomic mass is 9.81. The van der Waals surface area contributed by atoms with E-state index in [0.717, 1.165) is 38.9 Å². The third-order valence-corrected chi connectivity index (χ3v) is 11.3. The molecule has 1 aliphatic carbocycles. The van der Waals surface area contributed by atoms with Gasteiger partial charge in [-0.1, -0.05) is 184 Å². The Kier molecular flexibility index (Phi) is 8.49. The Bertz CT molecular complexity index is 2860. The number of hydrogen-bond acceptors (Lipinski definition) is 3. The van der Waals surface area contributed by atoms with E-state index < -0.39 is 0 Å². The van der Waals surface area contributed by atoms with Gasteiger partial charge in [-0.05, 0) is 97.1 Å². The molecule has 1 aromatic heterocycles. The number of benzene rings is 8. The van der Waals surface area contributed by atoms with Crippen LogP contribution in [0.4, 0.5) is 0 Å². The maximum atomic E-state index is 5.16. The van der Waals surface area contributed by atoms with Crippen LogP contribution < -0.4 is 0 Å². The minimum atomic E-state index is -0.0727. The van der Waals surface area contributed by atoms with E-state index in [4.69, 9.17) is 15.0 Å². The van der Waals surface area contributed by atoms with Gasteiger partial charge >= 0.3 is 0 Å². The summed E-state index contributed by atoms with van der Waals surface area (Å²) in [6.07, 6.45) is 0. The van der Waals surface area contributed by atoms with Crippen molar-refractivity contribution >= 4 is 0 Å². The van der Waals surface area contributed by atoms with Gasteiger partial charge in [0.15, 0.2) is 17.5 Å². The molecule has 57 heavy (non-hydrogen) atoms. The van der Waals surface area contributed by atoms with Crippen LogP contribution in [0, 0.1) is 0 Å². The minimum Gasteiger partial charge on any atom is -0.208 e. The molecule has 0 amide bonds. The first-order valence-electron chi connectivity index (χ1n) is 19.5. The van der Waals surface area contributed by atoms with Gasteiger partial charge in [-0.25, -0.2) is 15.0 Å². The standard InChI is InChI=1S/C54H39N3/c1-54(2)49-28-15-14-27-47(49)48-30-29-41(35-50(48)54)39-23-16-24-40(31-39)42-32-43(46-26-13-12-25-45(46)36-17-6-3-7-18-36)34-44(33-42)53-56-51(37-19-8-4-9-20-37)55-52(57-53)38-21-10-5-11-22-38/h3-35H,1-2H3. The topological polar surface area (TPSA) is 38.7 Å². The molecule has 0 fully saturated rings. The number of fused-ring (bicyclic) bond motifs is 3. The Morgan fingerprint density at radius 2 is 0.667 bits per heavy atom. The van der Waals surface area contributed by atoms with Crippen molar-refractivity contribution < 1.29 is 0 Å². The molecule has 0 aliphatic heterocycles. The molecule has 0 radical (unpaired) electrons. The van der Waals surface area contributed by atoms with E-state index in [1.807, 2.05) is 36.4 Å². The van der Waals surface area contributed by atoms with Crippen molar-refractivity contribution in [2.75, 3.05) is 0 Å². The maximum Gasteiger partial charge on any atom is 0.164 e. The Balaban J connectivity index is 1.15. The molecular formula is C54H39N3. The van der Waals surface area contributed by atoms with E-state index in [2.05, 4.69) is 178 Å². The van der Waals surface area contributed by atoms with Crippen LogP contribution in [0.2, 0.25) is 0 Å². The third-order valence-electron chi connectivity index (χ3n) is 11.3. The summed E-state index contributed by atoms with van der Waals surface area (Å²) < 4.78 is 0. The Hall–Kier alpha value is -7.23. The van der Waals surface area contributed by atoms with E-state index in [-0.39, 0.29) is 5.41 Å². The summed E-state index contributed by atoms with van der Waals surface area (Å²) in [6.45, 7) is 4.68. The van der Waals surface area contributed by atoms with Gasteiger partial charge in [0.05, 0.1) is 0 Å². The fourth-order valence-electron chi connectivity index (χ4n) is 8.38. The molecule has 0 atom stereocenters. The first kappa shape index (κ1) is 34.3. The summed E-state index contributed by atoms with van der Waals surface area (Å²) in [5.41, 5.74) is 17.3. The number of aromatic nitrogens is 3. The maximum absolute atomic E-state index is 5.16. The van der Waals surface area contributed by atoms with Crippen LogP contribution in [0.1, 0.15) is 25.0 Å². The zero-order valence-corrected chi connectivity index (χ0v) is 31.9. The van der Waals surface area contributed by atoms with Crippen molar-refractivity contribution in [2.24, 2.45) is 0 Å². The molecule has 3 nitrogen and oxygen atoms in total. The van der Waals surface area contributed by atoms with Crippen molar-refractivity contribution in [2.45, 2.75) is 19.3 Å². The quantitative estimate of drug-likeness (QED) is 0.164. The zero-order valence-electron chi connectivity index (χ0n) is 31.9. The molecule has 9 aromatic rings. The van der Waals surface area contributed by atoms with Crippen LogP contribution in [0.3, 0.4) is 0 Å². The van der Waals surface area contributed by atoms with E-state index in [1.54, 1.807) is 0 Å². The van der Waals surface area contributed by atoms with Gasteiger partial charge < -0.3 is 0 Å². The predicted molar refractivity (Wildman–Crippen MR) is 235 cm³/mol. The molecular weight excluding hydrogens is 691 g/mol. The van der Waals surface area contributed by atoms with E-state index >= 15 is 0 Å². The van der Waals surface area contributed by atoms with Crippen LogP contribution in [0.25, 0.3) is 89.8 Å². The molecule has 1 aliphatic rings. The first-order valence-corrected chi connectivity index (χ1v) is 19.5. The number of rotatable bonds is 7. The van der Waals surface area contributed by atoms with Crippen molar-refractivity contribution in [3.63, 3.8) is 0 Å². The predicted octanol–water partition coefficient (Wildman–Crippen LogP) is 13.8. The normalized spacial score (nSPS) is 12.5. The van der Waals surface area contributed by atoms with Crippen LogP contribution in [0.5, 0.6) is 0 Å². The van der Waals surface area contributed by atoms with E-state index in [9.17, 15) is 0 Å². The summed E-state index contributed by atoms with van der Waals surface area (Å²) in [7, 11) is 0. The molecule has 0 saturated carbocycles. The molecule has 0 saturated heterocycles. The second-order valence-electron chi connectivity index (χ2n) is 15.3. The van der Waals surface area contributed by atoms with Crippen LogP contribution in [-0.4, -0.2) is 15.0 Å². The Morgan fingerprint density at radius 1 is 0.263 bits per heavy atom. The summed E-state index contributed by atoms with van der Waals surface area (Å²) in [5.74, 6) is 1.90. The molecule has 0 bridgehead atoms. The highest BCUT2D eigenvalue weighted by Gasteiger charge is 2.35. The molecule has 0 N–H and O–H groups in total. The lowest BCUT2D eigenvalue weighted by Gasteiger charge is -2.22. The van der Waals surface area contributed by atoms with Gasteiger partial charge in [-0.15, -0.1) is 0 Å². The van der Waals surface area contributed by atoms with Gasteiger partial charge in [0.1, 0.15) is 0 Å². The average Bonchev–Trinajstić information content (AvgIpc) is 3.52. The highest BCUT2D eigenvalue weighted by atomic mass is 15.0. The monoisotopic (exact) mass is 729 g/mol. The van der Waals surface area contributed by atoms with Crippen molar-refractivity contribution in [3.8, 4) is 89.8 Å². The second kappa shape index (κ2) is 14.1. The summed E-state index contributed by atoms with van der Waals surface area (Å²) in [5, 5.41) is 0. The fourth-order valence-corrected chi connectivity index (χ4v) is 8.38. The lowest BCUT2D eigenvalue weighted by molar-refractivity contribution is 0.660. The first-order chi connectivity index (χ1) is 28.0. The lowest BCUT2D eigenvalue weighted by Crippen LogP contribution is -2.14. The molecule has 10 rings (SSSR count). The van der Waals surface area contributed by atoms with Gasteiger partial charge in [0.25, 0.3) is 0 Å². The van der Waals surface area contributed by atoms with Crippen LogP contribution in [0.15, 0.2) is 200 Å². The third kappa shape index (κ3) is 6.33. The van der Waals surface area contributed by atoms with Gasteiger partial charge in [-0.2, -0.15) is 0 Å². The van der Waals surface area contributed by atoms with Crippen molar-refractivity contribution in [1.29, 1.82) is 0 Å². The van der Waals surface area contributed by atoms with Crippen LogP contribution >= 0.6 is 0 Å². The molecule has 0 unspecified atom stereocenters. The number of nitrogens with zero attached hydrogens (tertiary/aromatic N) is 3. The Morgan fingerprint density at radius 3 is 1.30 bits per heavy atom. The summed E-state index contributed by atoms with van der Waals surface area (Å²) in [4.78, 5) is 15.3. The molecule has 0 spiro atoms. The van der Waals surface area contributed by atoms with Crippen molar-refractivity contribution in [3.05, 3.63) is 211 Å². The molecule has 1 heterocycles. The fraction of sp³-hybridized carbons (Fsp3) is 0.0556. The minimum absolute atomic E-state index is 0.0727. The van der Waals surface area contributed by atoms with Gasteiger partial charge in [0, 0.05) is 22.1 Å². The van der Waals surface area contributed by atoms with Gasteiger partial charge in [-0.3, -0.25) is 0 Å². The van der Waals surface area contributed by atoms with Crippen molar-refractivity contribution in [1.82, 2.24) is 15.0 Å². The molecule has 270 valence electrons. The van der Waals surface area contributed by atoms with Crippen LogP contribution in [-0.2, 0) is 5.41 Å². The molecule has 3 heteroatoms. The van der Waals surface area contributed by atoms with E-state index in [1.165, 1.54) is 44.5 Å². The molecule has 8 aromatic carbocycles. The second-order valence-corrected chi connectivity index (χ2v) is 15.3. The SMILES string of the molecule is CC1(C)c2ccccc2-c2ccc(-c3cccc(-c4cc(-c5nc(-c6ccccc6)nc(-c6ccccc6)n5)cc(-c5ccccc5-c5ccccc5)c4)c3)cc21. The Labute approximate surface area is 334 Å². The van der Waals surface area contributed by atoms with Gasteiger partial charge in [0.2, 0.25) is 0 Å². The highest BCUT2D eigenvalue weighted by Crippen LogP contribution is 2.49. The summed E-state index contributed by atoms with van der Waals surface area (Å²) in [6, 6.07) is 71.1. The number of hydrogen-bond donors (Lipinski definition) is 0. The smallest absolute Gasteiger partial charge is 0.164 e.